The van der Waals surface area contributed by atoms with Gasteiger partial charge in [0.1, 0.15) is 6.04 Å². The van der Waals surface area contributed by atoms with E-state index in [0.717, 1.165) is 18.6 Å². The van der Waals surface area contributed by atoms with Crippen molar-refractivity contribution in [3.05, 3.63) is 35.4 Å². The van der Waals surface area contributed by atoms with Gasteiger partial charge < -0.3 is 10.2 Å². The van der Waals surface area contributed by atoms with Crippen LogP contribution in [0.2, 0.25) is 0 Å². The monoisotopic (exact) mass is 324 g/mol. The van der Waals surface area contributed by atoms with Gasteiger partial charge in [-0.3, -0.25) is 9.59 Å². The Morgan fingerprint density at radius 1 is 1.22 bits per heavy atom. The molecule has 0 unspecified atom stereocenters. The Morgan fingerprint density at radius 3 is 2.43 bits per heavy atom. The standard InChI is InChI=1S/C17H22F2N2O2/c1-10(2)16(21-8-4-5-15(21)22)17(23)20-11(3)12-6-7-13(18)14(19)9-12/h6-7,9-11,16H,4-5,8H2,1-3H3,(H,20,23)/t11-,16-/m0/s1. The molecule has 2 amide bonds. The lowest BCUT2D eigenvalue weighted by atomic mass is 10.0. The van der Waals surface area contributed by atoms with Gasteiger partial charge in [0.05, 0.1) is 6.04 Å². The molecule has 1 N–H and O–H groups in total. The third-order valence-electron chi connectivity index (χ3n) is 4.15. The van der Waals surface area contributed by atoms with Gasteiger partial charge in [-0.05, 0) is 37.0 Å². The molecule has 4 nitrogen and oxygen atoms in total. The number of halogens is 2. The van der Waals surface area contributed by atoms with Crippen molar-refractivity contribution in [1.29, 1.82) is 0 Å². The van der Waals surface area contributed by atoms with E-state index in [2.05, 4.69) is 5.32 Å². The smallest absolute Gasteiger partial charge is 0.243 e. The van der Waals surface area contributed by atoms with Gasteiger partial charge in [0, 0.05) is 13.0 Å². The molecule has 0 spiro atoms. The van der Waals surface area contributed by atoms with E-state index in [1.54, 1.807) is 11.8 Å². The number of hydrogen-bond acceptors (Lipinski definition) is 2. The van der Waals surface area contributed by atoms with Crippen LogP contribution in [0.5, 0.6) is 0 Å². The maximum Gasteiger partial charge on any atom is 0.243 e. The number of nitrogens with zero attached hydrogens (tertiary/aromatic N) is 1. The summed E-state index contributed by atoms with van der Waals surface area (Å²) in [6, 6.07) is 2.53. The van der Waals surface area contributed by atoms with Crippen LogP contribution in [-0.4, -0.2) is 29.3 Å². The Morgan fingerprint density at radius 2 is 1.91 bits per heavy atom. The minimum Gasteiger partial charge on any atom is -0.348 e. The molecule has 0 bridgehead atoms. The highest BCUT2D eigenvalue weighted by atomic mass is 19.2. The molecule has 0 aliphatic carbocycles. The molecule has 0 saturated carbocycles. The molecule has 23 heavy (non-hydrogen) atoms. The highest BCUT2D eigenvalue weighted by molar-refractivity contribution is 5.89. The Hall–Kier alpha value is -1.98. The molecule has 1 fully saturated rings. The second-order valence-corrected chi connectivity index (χ2v) is 6.28. The number of carbonyl (C=O) groups is 2. The second kappa shape index (κ2) is 7.06. The summed E-state index contributed by atoms with van der Waals surface area (Å²) in [6.07, 6.45) is 1.23. The SMILES string of the molecule is CC(C)[C@@H](C(=O)N[C@@H](C)c1ccc(F)c(F)c1)N1CCCC1=O. The van der Waals surface area contributed by atoms with Crippen molar-refractivity contribution in [1.82, 2.24) is 10.2 Å². The summed E-state index contributed by atoms with van der Waals surface area (Å²) in [6.45, 7) is 6.05. The predicted octanol–water partition coefficient (Wildman–Crippen LogP) is 2.79. The number of nitrogens with one attached hydrogen (secondary N) is 1. The second-order valence-electron chi connectivity index (χ2n) is 6.28. The van der Waals surface area contributed by atoms with Crippen LogP contribution in [0.15, 0.2) is 18.2 Å². The zero-order chi connectivity index (χ0) is 17.1. The number of rotatable bonds is 5. The molecule has 2 atom stereocenters. The maximum absolute atomic E-state index is 13.3. The maximum atomic E-state index is 13.3. The number of hydrogen-bond donors (Lipinski definition) is 1. The number of likely N-dealkylation sites (tertiary alicyclic amines) is 1. The Bertz CT molecular complexity index is 604. The van der Waals surface area contributed by atoms with E-state index in [0.29, 0.717) is 18.5 Å². The molecule has 0 aromatic heterocycles. The molecule has 126 valence electrons. The van der Waals surface area contributed by atoms with Gasteiger partial charge in [0.15, 0.2) is 11.6 Å². The molecule has 1 aromatic rings. The van der Waals surface area contributed by atoms with E-state index in [-0.39, 0.29) is 17.7 Å². The molecule has 1 saturated heterocycles. The average molecular weight is 324 g/mol. The lowest BCUT2D eigenvalue weighted by Crippen LogP contribution is -2.50. The first-order valence-electron chi connectivity index (χ1n) is 7.86. The molecule has 6 heteroatoms. The summed E-state index contributed by atoms with van der Waals surface area (Å²) in [4.78, 5) is 26.1. The fraction of sp³-hybridized carbons (Fsp3) is 0.529. The highest BCUT2D eigenvalue weighted by Crippen LogP contribution is 2.21. The molecule has 2 rings (SSSR count). The van der Waals surface area contributed by atoms with Gasteiger partial charge in [-0.2, -0.15) is 0 Å². The predicted molar refractivity (Wildman–Crippen MR) is 82.5 cm³/mol. The third kappa shape index (κ3) is 3.86. The van der Waals surface area contributed by atoms with Crippen molar-refractivity contribution in [2.75, 3.05) is 6.54 Å². The van der Waals surface area contributed by atoms with Crippen molar-refractivity contribution in [3.63, 3.8) is 0 Å². The minimum atomic E-state index is -0.946. The molecule has 1 heterocycles. The van der Waals surface area contributed by atoms with Gasteiger partial charge in [0.2, 0.25) is 11.8 Å². The molecule has 1 aliphatic heterocycles. The van der Waals surface area contributed by atoms with E-state index in [1.807, 2.05) is 13.8 Å². The normalized spacial score (nSPS) is 17.5. The van der Waals surface area contributed by atoms with Crippen LogP contribution in [0, 0.1) is 17.6 Å². The Labute approximate surface area is 134 Å². The fourth-order valence-corrected chi connectivity index (χ4v) is 2.93. The zero-order valence-electron chi connectivity index (χ0n) is 13.6. The van der Waals surface area contributed by atoms with Crippen molar-refractivity contribution in [2.45, 2.75) is 45.7 Å². The summed E-state index contributed by atoms with van der Waals surface area (Å²) in [5.41, 5.74) is 0.479. The van der Waals surface area contributed by atoms with Crippen LogP contribution in [0.1, 0.15) is 45.2 Å². The van der Waals surface area contributed by atoms with E-state index in [1.165, 1.54) is 6.07 Å². The molecular weight excluding hydrogens is 302 g/mol. The molecule has 0 radical (unpaired) electrons. The largest absolute Gasteiger partial charge is 0.348 e. The van der Waals surface area contributed by atoms with Crippen LogP contribution in [0.25, 0.3) is 0 Å². The summed E-state index contributed by atoms with van der Waals surface area (Å²) < 4.78 is 26.3. The summed E-state index contributed by atoms with van der Waals surface area (Å²) >= 11 is 0. The van der Waals surface area contributed by atoms with Gasteiger partial charge in [-0.1, -0.05) is 19.9 Å². The lowest BCUT2D eigenvalue weighted by molar-refractivity contribution is -0.139. The van der Waals surface area contributed by atoms with Crippen molar-refractivity contribution in [2.24, 2.45) is 5.92 Å². The van der Waals surface area contributed by atoms with Gasteiger partial charge in [-0.15, -0.1) is 0 Å². The first-order chi connectivity index (χ1) is 10.8. The van der Waals surface area contributed by atoms with Gasteiger partial charge >= 0.3 is 0 Å². The zero-order valence-corrected chi connectivity index (χ0v) is 13.6. The van der Waals surface area contributed by atoms with E-state index in [4.69, 9.17) is 0 Å². The van der Waals surface area contributed by atoms with E-state index < -0.39 is 23.7 Å². The van der Waals surface area contributed by atoms with E-state index in [9.17, 15) is 18.4 Å². The van der Waals surface area contributed by atoms with Gasteiger partial charge in [-0.25, -0.2) is 8.78 Å². The van der Waals surface area contributed by atoms with Crippen LogP contribution in [0.3, 0.4) is 0 Å². The first kappa shape index (κ1) is 17.4. The molecule has 1 aliphatic rings. The van der Waals surface area contributed by atoms with Crippen molar-refractivity contribution in [3.8, 4) is 0 Å². The Kier molecular flexibility index (Phi) is 5.34. The number of carbonyl (C=O) groups excluding carboxylic acids is 2. The molecular formula is C17H22F2N2O2. The van der Waals surface area contributed by atoms with Crippen molar-refractivity contribution >= 4 is 11.8 Å². The first-order valence-corrected chi connectivity index (χ1v) is 7.86. The quantitative estimate of drug-likeness (QED) is 0.905. The van der Waals surface area contributed by atoms with Crippen LogP contribution < -0.4 is 5.32 Å². The summed E-state index contributed by atoms with van der Waals surface area (Å²) in [5.74, 6) is -2.19. The van der Waals surface area contributed by atoms with Crippen LogP contribution in [-0.2, 0) is 9.59 Å². The number of amides is 2. The van der Waals surface area contributed by atoms with Gasteiger partial charge in [0.25, 0.3) is 0 Å². The Balaban J connectivity index is 2.11. The number of benzene rings is 1. The van der Waals surface area contributed by atoms with Crippen molar-refractivity contribution < 1.29 is 18.4 Å². The molecule has 1 aromatic carbocycles. The van der Waals surface area contributed by atoms with E-state index >= 15 is 0 Å². The summed E-state index contributed by atoms with van der Waals surface area (Å²) in [5, 5.41) is 2.80. The van der Waals surface area contributed by atoms with Crippen LogP contribution >= 0.6 is 0 Å². The average Bonchev–Trinajstić information content (AvgIpc) is 2.87. The third-order valence-corrected chi connectivity index (χ3v) is 4.15. The summed E-state index contributed by atoms with van der Waals surface area (Å²) in [7, 11) is 0. The lowest BCUT2D eigenvalue weighted by Gasteiger charge is -2.31. The highest BCUT2D eigenvalue weighted by Gasteiger charge is 2.35. The van der Waals surface area contributed by atoms with Crippen LogP contribution in [0.4, 0.5) is 8.78 Å². The topological polar surface area (TPSA) is 49.4 Å². The minimum absolute atomic E-state index is 0.0145. The fourth-order valence-electron chi connectivity index (χ4n) is 2.93.